The van der Waals surface area contributed by atoms with Gasteiger partial charge >= 0.3 is 0 Å². The smallest absolute Gasteiger partial charge is 0.291 e. The molecule has 1 fully saturated rings. The molecule has 37 heavy (non-hydrogen) atoms. The molecule has 0 atom stereocenters. The van der Waals surface area contributed by atoms with Gasteiger partial charge in [-0.1, -0.05) is 30.0 Å². The highest BCUT2D eigenvalue weighted by Gasteiger charge is 2.38. The lowest BCUT2D eigenvalue weighted by Crippen LogP contribution is -2.32. The van der Waals surface area contributed by atoms with Crippen LogP contribution in [0.25, 0.3) is 0 Å². The van der Waals surface area contributed by atoms with E-state index in [0.717, 1.165) is 33.9 Å². The molecule has 0 bridgehead atoms. The average molecular weight is 510 g/mol. The maximum atomic E-state index is 13.3. The Morgan fingerprint density at radius 1 is 0.919 bits per heavy atom. The zero-order valence-corrected chi connectivity index (χ0v) is 20.8. The molecule has 4 aromatic rings. The highest BCUT2D eigenvalue weighted by atomic mass is 32.2. The number of rotatable bonds is 5. The van der Waals surface area contributed by atoms with Gasteiger partial charge in [-0.2, -0.15) is 0 Å². The number of carbonyl (C=O) groups is 3. The number of furan rings is 1. The molecular weight excluding hydrogens is 486 g/mol. The van der Waals surface area contributed by atoms with E-state index in [4.69, 9.17) is 4.42 Å². The number of nitrogens with zero attached hydrogens (tertiary/aromatic N) is 1. The van der Waals surface area contributed by atoms with Crippen LogP contribution in [0, 0.1) is 6.92 Å². The second kappa shape index (κ2) is 9.29. The molecule has 184 valence electrons. The van der Waals surface area contributed by atoms with Crippen LogP contribution in [-0.2, 0) is 0 Å². The van der Waals surface area contributed by atoms with Gasteiger partial charge in [-0.15, -0.1) is 0 Å². The van der Waals surface area contributed by atoms with Crippen LogP contribution in [0.5, 0.6) is 0 Å². The summed E-state index contributed by atoms with van der Waals surface area (Å²) in [5.74, 6) is -0.479. The average Bonchev–Trinajstić information content (AvgIpc) is 3.59. The van der Waals surface area contributed by atoms with Crippen LogP contribution >= 0.6 is 11.8 Å². The van der Waals surface area contributed by atoms with Crippen LogP contribution < -0.4 is 15.5 Å². The molecule has 2 heterocycles. The van der Waals surface area contributed by atoms with E-state index in [1.807, 2.05) is 54.3 Å². The maximum Gasteiger partial charge on any atom is 0.291 e. The van der Waals surface area contributed by atoms with Crippen molar-refractivity contribution in [3.05, 3.63) is 102 Å². The molecule has 3 amide bonds. The first-order valence-electron chi connectivity index (χ1n) is 12.0. The van der Waals surface area contributed by atoms with Gasteiger partial charge in [0.05, 0.1) is 17.5 Å². The van der Waals surface area contributed by atoms with Crippen molar-refractivity contribution in [2.45, 2.75) is 35.6 Å². The van der Waals surface area contributed by atoms with E-state index in [2.05, 4.69) is 10.6 Å². The summed E-state index contributed by atoms with van der Waals surface area (Å²) >= 11 is 1.53. The van der Waals surface area contributed by atoms with Crippen LogP contribution in [0.4, 0.5) is 17.1 Å². The lowest BCUT2D eigenvalue weighted by molar-refractivity contribution is 0.0979. The van der Waals surface area contributed by atoms with Gasteiger partial charge in [0.25, 0.3) is 17.7 Å². The number of amides is 3. The monoisotopic (exact) mass is 509 g/mol. The van der Waals surface area contributed by atoms with Crippen molar-refractivity contribution >= 4 is 46.5 Å². The van der Waals surface area contributed by atoms with E-state index >= 15 is 0 Å². The van der Waals surface area contributed by atoms with Crippen molar-refractivity contribution in [1.82, 2.24) is 0 Å². The van der Waals surface area contributed by atoms with Crippen molar-refractivity contribution in [2.75, 3.05) is 15.5 Å². The summed E-state index contributed by atoms with van der Waals surface area (Å²) in [6, 6.07) is 21.9. The molecule has 7 nitrogen and oxygen atoms in total. The summed E-state index contributed by atoms with van der Waals surface area (Å²) in [5, 5.41) is 5.77. The number of hydrogen-bond acceptors (Lipinski definition) is 5. The summed E-state index contributed by atoms with van der Waals surface area (Å²) in [5.41, 5.74) is 3.95. The van der Waals surface area contributed by atoms with Gasteiger partial charge in [-0.25, -0.2) is 0 Å². The molecule has 1 saturated carbocycles. The van der Waals surface area contributed by atoms with Gasteiger partial charge in [-0.05, 0) is 79.9 Å². The second-order valence-electron chi connectivity index (χ2n) is 9.10. The van der Waals surface area contributed by atoms with Crippen molar-refractivity contribution in [3.8, 4) is 0 Å². The largest absolute Gasteiger partial charge is 0.459 e. The quantitative estimate of drug-likeness (QED) is 0.326. The molecule has 6 rings (SSSR count). The van der Waals surface area contributed by atoms with Gasteiger partial charge in [0, 0.05) is 32.8 Å². The molecule has 0 saturated heterocycles. The first-order valence-corrected chi connectivity index (χ1v) is 12.8. The Kier molecular flexibility index (Phi) is 5.81. The summed E-state index contributed by atoms with van der Waals surface area (Å²) in [6.45, 7) is 1.86. The van der Waals surface area contributed by atoms with Crippen LogP contribution in [0.1, 0.15) is 49.7 Å². The lowest BCUT2D eigenvalue weighted by atomic mass is 10.1. The molecule has 3 aromatic carbocycles. The standard InChI is InChI=1S/C29H23N3O4S/c1-17-8-9-18(15-22(17)31-28(34)24-6-4-14-36-24)27(33)30-19-10-13-23-26(16-19)37-25-7-3-2-5-21(25)29(35)32(23)20-11-12-20/h2-10,13-16,20H,11-12H2,1H3,(H,30,33)(H,31,34). The predicted molar refractivity (Wildman–Crippen MR) is 143 cm³/mol. The Morgan fingerprint density at radius 2 is 1.76 bits per heavy atom. The number of anilines is 3. The van der Waals surface area contributed by atoms with Crippen LogP contribution in [-0.4, -0.2) is 23.8 Å². The molecule has 1 aliphatic carbocycles. The van der Waals surface area contributed by atoms with Gasteiger partial charge in [0.1, 0.15) is 0 Å². The summed E-state index contributed by atoms with van der Waals surface area (Å²) in [6.07, 6.45) is 3.41. The van der Waals surface area contributed by atoms with E-state index in [-0.39, 0.29) is 29.5 Å². The van der Waals surface area contributed by atoms with Gasteiger partial charge in [-0.3, -0.25) is 14.4 Å². The first-order chi connectivity index (χ1) is 18.0. The van der Waals surface area contributed by atoms with E-state index < -0.39 is 0 Å². The second-order valence-corrected chi connectivity index (χ2v) is 10.2. The summed E-state index contributed by atoms with van der Waals surface area (Å²) < 4.78 is 5.16. The minimum Gasteiger partial charge on any atom is -0.459 e. The first kappa shape index (κ1) is 23.1. The van der Waals surface area contributed by atoms with E-state index in [9.17, 15) is 14.4 Å². The third kappa shape index (κ3) is 4.51. The Balaban J connectivity index is 1.26. The van der Waals surface area contributed by atoms with Crippen molar-refractivity contribution < 1.29 is 18.8 Å². The minimum atomic E-state index is -0.386. The summed E-state index contributed by atoms with van der Waals surface area (Å²) in [7, 11) is 0. The topological polar surface area (TPSA) is 91.7 Å². The third-order valence-corrected chi connectivity index (χ3v) is 7.56. The zero-order valence-electron chi connectivity index (χ0n) is 20.0. The zero-order chi connectivity index (χ0) is 25.5. The highest BCUT2D eigenvalue weighted by molar-refractivity contribution is 7.99. The third-order valence-electron chi connectivity index (χ3n) is 6.44. The maximum absolute atomic E-state index is 13.3. The number of hydrogen-bond donors (Lipinski definition) is 2. The SMILES string of the molecule is Cc1ccc(C(=O)Nc2ccc3c(c2)Sc2ccccc2C(=O)N3C2CC2)cc1NC(=O)c1ccco1. The van der Waals surface area contributed by atoms with Crippen LogP contribution in [0.3, 0.4) is 0 Å². The normalized spacial score (nSPS) is 14.4. The minimum absolute atomic E-state index is 0.0184. The fraction of sp³-hybridized carbons (Fsp3) is 0.138. The van der Waals surface area contributed by atoms with E-state index in [1.165, 1.54) is 18.0 Å². The van der Waals surface area contributed by atoms with Crippen molar-refractivity contribution in [2.24, 2.45) is 0 Å². The van der Waals surface area contributed by atoms with Crippen LogP contribution in [0.15, 0.2) is 93.3 Å². The van der Waals surface area contributed by atoms with Crippen molar-refractivity contribution in [1.29, 1.82) is 0 Å². The number of benzene rings is 3. The van der Waals surface area contributed by atoms with Crippen molar-refractivity contribution in [3.63, 3.8) is 0 Å². The van der Waals surface area contributed by atoms with E-state index in [0.29, 0.717) is 22.5 Å². The molecule has 0 unspecified atom stereocenters. The highest BCUT2D eigenvalue weighted by Crippen LogP contribution is 2.46. The Morgan fingerprint density at radius 3 is 2.54 bits per heavy atom. The van der Waals surface area contributed by atoms with Crippen LogP contribution in [0.2, 0.25) is 0 Å². The molecule has 0 spiro atoms. The number of fused-ring (bicyclic) bond motifs is 2. The molecule has 2 N–H and O–H groups in total. The van der Waals surface area contributed by atoms with Gasteiger partial charge in [0.2, 0.25) is 0 Å². The van der Waals surface area contributed by atoms with E-state index in [1.54, 1.807) is 30.3 Å². The molecule has 2 aliphatic rings. The fourth-order valence-electron chi connectivity index (χ4n) is 4.35. The summed E-state index contributed by atoms with van der Waals surface area (Å²) in [4.78, 5) is 42.6. The molecular formula is C29H23N3O4S. The van der Waals surface area contributed by atoms with Gasteiger partial charge in [0.15, 0.2) is 5.76 Å². The molecule has 0 radical (unpaired) electrons. The Labute approximate surface area is 217 Å². The number of carbonyl (C=O) groups excluding carboxylic acids is 3. The predicted octanol–water partition coefficient (Wildman–Crippen LogP) is 6.37. The van der Waals surface area contributed by atoms with Gasteiger partial charge < -0.3 is 20.0 Å². The fourth-order valence-corrected chi connectivity index (χ4v) is 5.46. The lowest BCUT2D eigenvalue weighted by Gasteiger charge is -2.23. The number of nitrogens with one attached hydrogen (secondary N) is 2. The molecule has 1 aliphatic heterocycles. The Bertz CT molecular complexity index is 1540. The number of aryl methyl sites for hydroxylation is 1. The molecule has 1 aromatic heterocycles. The molecule has 8 heteroatoms. The Hall–Kier alpha value is -4.30.